The lowest BCUT2D eigenvalue weighted by molar-refractivity contribution is 1.31. The minimum absolute atomic E-state index is 1.05. The van der Waals surface area contributed by atoms with Gasteiger partial charge in [0.05, 0.1) is 0 Å². The summed E-state index contributed by atoms with van der Waals surface area (Å²) in [4.78, 5) is 0. The maximum atomic E-state index is 2.34. The van der Waals surface area contributed by atoms with Crippen LogP contribution in [-0.2, 0) is 6.42 Å². The van der Waals surface area contributed by atoms with Crippen LogP contribution >= 0.6 is 0 Å². The summed E-state index contributed by atoms with van der Waals surface area (Å²) in [6.07, 6.45) is 3.40. The second-order valence-electron chi connectivity index (χ2n) is 5.04. The second-order valence-corrected chi connectivity index (χ2v) is 5.04. The first kappa shape index (κ1) is 10.6. The minimum atomic E-state index is 1.05. The minimum Gasteiger partial charge on any atom is -0.0716 e. The van der Waals surface area contributed by atoms with E-state index in [0.717, 1.165) is 6.42 Å². The zero-order chi connectivity index (χ0) is 12.7. The number of hydrogen-bond acceptors (Lipinski definition) is 0. The van der Waals surface area contributed by atoms with Gasteiger partial charge in [0.2, 0.25) is 0 Å². The van der Waals surface area contributed by atoms with Crippen molar-refractivity contribution >= 4 is 16.3 Å². The van der Waals surface area contributed by atoms with Gasteiger partial charge in [0.15, 0.2) is 0 Å². The lowest BCUT2D eigenvalue weighted by atomic mass is 9.97. The third-order valence-electron chi connectivity index (χ3n) is 3.89. The number of rotatable bonds is 1. The molecule has 1 aliphatic rings. The molecule has 3 aromatic carbocycles. The summed E-state index contributed by atoms with van der Waals surface area (Å²) >= 11 is 0. The largest absolute Gasteiger partial charge is 0.0716 e. The molecule has 4 rings (SSSR count). The summed E-state index contributed by atoms with van der Waals surface area (Å²) in [6, 6.07) is 24.0. The van der Waals surface area contributed by atoms with Crippen LogP contribution in [0.5, 0.6) is 0 Å². The van der Waals surface area contributed by atoms with Gasteiger partial charge >= 0.3 is 0 Å². The van der Waals surface area contributed by atoms with Crippen molar-refractivity contribution in [2.45, 2.75) is 6.42 Å². The van der Waals surface area contributed by atoms with Crippen LogP contribution in [-0.4, -0.2) is 0 Å². The van der Waals surface area contributed by atoms with E-state index in [1.54, 1.807) is 0 Å². The Labute approximate surface area is 113 Å². The van der Waals surface area contributed by atoms with E-state index in [1.165, 1.54) is 33.0 Å². The highest BCUT2D eigenvalue weighted by Gasteiger charge is 2.14. The quantitative estimate of drug-likeness (QED) is 0.573. The Hall–Kier alpha value is -2.34. The molecule has 0 heterocycles. The maximum Gasteiger partial charge on any atom is -0.00819 e. The second kappa shape index (κ2) is 4.10. The summed E-state index contributed by atoms with van der Waals surface area (Å²) < 4.78 is 0. The first-order valence-electron chi connectivity index (χ1n) is 6.69. The molecule has 0 nitrogen and oxygen atoms in total. The van der Waals surface area contributed by atoms with Gasteiger partial charge in [0, 0.05) is 0 Å². The molecular weight excluding hydrogens is 228 g/mol. The third-order valence-corrected chi connectivity index (χ3v) is 3.89. The van der Waals surface area contributed by atoms with Crippen LogP contribution in [0.1, 0.15) is 16.7 Å². The van der Waals surface area contributed by atoms with Gasteiger partial charge in [-0.1, -0.05) is 66.7 Å². The molecular formula is C19H14. The summed E-state index contributed by atoms with van der Waals surface area (Å²) in [5.74, 6) is 0. The molecule has 0 saturated heterocycles. The van der Waals surface area contributed by atoms with E-state index in [0.29, 0.717) is 0 Å². The van der Waals surface area contributed by atoms with Gasteiger partial charge in [-0.3, -0.25) is 0 Å². The normalized spacial score (nSPS) is 13.4. The molecule has 0 saturated carbocycles. The number of benzene rings is 3. The highest BCUT2D eigenvalue weighted by atomic mass is 14.2. The summed E-state index contributed by atoms with van der Waals surface area (Å²) in [5.41, 5.74) is 5.52. The zero-order valence-corrected chi connectivity index (χ0v) is 10.6. The lowest BCUT2D eigenvalue weighted by Crippen LogP contribution is -1.86. The van der Waals surface area contributed by atoms with Gasteiger partial charge in [-0.2, -0.15) is 0 Å². The predicted octanol–water partition coefficient (Wildman–Crippen LogP) is 4.83. The van der Waals surface area contributed by atoms with Gasteiger partial charge in [-0.05, 0) is 45.5 Å². The molecule has 1 aliphatic carbocycles. The Bertz CT molecular complexity index is 794. The summed E-state index contributed by atoms with van der Waals surface area (Å²) in [5, 5.41) is 2.61. The van der Waals surface area contributed by atoms with Crippen molar-refractivity contribution < 1.29 is 0 Å². The molecule has 90 valence electrons. The van der Waals surface area contributed by atoms with Gasteiger partial charge in [-0.15, -0.1) is 0 Å². The molecule has 0 atom stereocenters. The van der Waals surface area contributed by atoms with Crippen LogP contribution < -0.4 is 0 Å². The Kier molecular flexibility index (Phi) is 2.28. The highest BCUT2D eigenvalue weighted by molar-refractivity contribution is 5.91. The molecule has 0 radical (unpaired) electrons. The average Bonchev–Trinajstić information content (AvgIpc) is 2.91. The van der Waals surface area contributed by atoms with Crippen molar-refractivity contribution in [3.8, 4) is 0 Å². The van der Waals surface area contributed by atoms with Crippen molar-refractivity contribution in [3.05, 3.63) is 89.5 Å². The van der Waals surface area contributed by atoms with Gasteiger partial charge < -0.3 is 0 Å². The Morgan fingerprint density at radius 3 is 2.42 bits per heavy atom. The van der Waals surface area contributed by atoms with Crippen molar-refractivity contribution in [1.29, 1.82) is 0 Å². The van der Waals surface area contributed by atoms with Crippen LogP contribution in [0.25, 0.3) is 16.3 Å². The molecule has 0 unspecified atom stereocenters. The Morgan fingerprint density at radius 2 is 1.47 bits per heavy atom. The molecule has 0 spiro atoms. The van der Waals surface area contributed by atoms with E-state index in [4.69, 9.17) is 0 Å². The van der Waals surface area contributed by atoms with Crippen LogP contribution in [0.15, 0.2) is 72.8 Å². The fourth-order valence-corrected chi connectivity index (χ4v) is 2.91. The summed E-state index contributed by atoms with van der Waals surface area (Å²) in [6.45, 7) is 0. The van der Waals surface area contributed by atoms with Crippen LogP contribution in [0.4, 0.5) is 0 Å². The van der Waals surface area contributed by atoms with Crippen molar-refractivity contribution in [2.75, 3.05) is 0 Å². The van der Waals surface area contributed by atoms with E-state index >= 15 is 0 Å². The standard InChI is InChI=1S/C19H14/c1-2-7-16-13-17(10-9-14(16)5-1)19-12-11-15-6-3-4-8-18(15)19/h1-10,12-13H,11H2. The Balaban J connectivity index is 1.88. The van der Waals surface area contributed by atoms with Crippen LogP contribution in [0.2, 0.25) is 0 Å². The molecule has 19 heavy (non-hydrogen) atoms. The van der Waals surface area contributed by atoms with Crippen LogP contribution in [0, 0.1) is 0 Å². The van der Waals surface area contributed by atoms with E-state index in [9.17, 15) is 0 Å². The Morgan fingerprint density at radius 1 is 0.684 bits per heavy atom. The molecule has 0 fully saturated rings. The number of hydrogen-bond donors (Lipinski definition) is 0. The molecule has 0 aromatic heterocycles. The average molecular weight is 242 g/mol. The molecule has 0 N–H and O–H groups in total. The monoisotopic (exact) mass is 242 g/mol. The molecule has 0 amide bonds. The SMILES string of the molecule is C1=C(c2ccc3ccccc3c2)c2ccccc2C1. The van der Waals surface area contributed by atoms with E-state index in [2.05, 4.69) is 72.8 Å². The van der Waals surface area contributed by atoms with E-state index < -0.39 is 0 Å². The maximum absolute atomic E-state index is 2.34. The third kappa shape index (κ3) is 1.68. The first-order valence-corrected chi connectivity index (χ1v) is 6.69. The van der Waals surface area contributed by atoms with Crippen molar-refractivity contribution in [3.63, 3.8) is 0 Å². The van der Waals surface area contributed by atoms with Gasteiger partial charge in [-0.25, -0.2) is 0 Å². The van der Waals surface area contributed by atoms with Crippen molar-refractivity contribution in [2.24, 2.45) is 0 Å². The topological polar surface area (TPSA) is 0 Å². The molecule has 0 bridgehead atoms. The van der Waals surface area contributed by atoms with E-state index in [-0.39, 0.29) is 0 Å². The molecule has 3 aromatic rings. The highest BCUT2D eigenvalue weighted by Crippen LogP contribution is 2.33. The predicted molar refractivity (Wildman–Crippen MR) is 81.2 cm³/mol. The van der Waals surface area contributed by atoms with E-state index in [1.807, 2.05) is 0 Å². The number of fused-ring (bicyclic) bond motifs is 2. The fraction of sp³-hybridized carbons (Fsp3) is 0.0526. The molecule has 0 aliphatic heterocycles. The number of allylic oxidation sites excluding steroid dienone is 1. The fourth-order valence-electron chi connectivity index (χ4n) is 2.91. The van der Waals surface area contributed by atoms with Gasteiger partial charge in [0.1, 0.15) is 0 Å². The summed E-state index contributed by atoms with van der Waals surface area (Å²) in [7, 11) is 0. The smallest absolute Gasteiger partial charge is 0.00819 e. The zero-order valence-electron chi connectivity index (χ0n) is 10.6. The van der Waals surface area contributed by atoms with Gasteiger partial charge in [0.25, 0.3) is 0 Å². The lowest BCUT2D eigenvalue weighted by Gasteiger charge is -2.07. The first-order chi connectivity index (χ1) is 9.42. The van der Waals surface area contributed by atoms with Crippen LogP contribution in [0.3, 0.4) is 0 Å². The molecule has 0 heteroatoms. The van der Waals surface area contributed by atoms with Crippen molar-refractivity contribution in [1.82, 2.24) is 0 Å².